The van der Waals surface area contributed by atoms with E-state index in [0.29, 0.717) is 11.5 Å². The molecule has 0 aliphatic rings. The van der Waals surface area contributed by atoms with Gasteiger partial charge in [0.05, 0.1) is 40.2 Å². The number of hydrogen-bond acceptors (Lipinski definition) is 6. The van der Waals surface area contributed by atoms with Gasteiger partial charge in [0.15, 0.2) is 11.5 Å². The van der Waals surface area contributed by atoms with Crippen molar-refractivity contribution in [1.82, 2.24) is 5.32 Å². The number of carbonyl (C=O) groups is 2. The van der Waals surface area contributed by atoms with Crippen LogP contribution >= 0.6 is 11.3 Å². The van der Waals surface area contributed by atoms with Crippen LogP contribution in [-0.2, 0) is 20.7 Å². The van der Waals surface area contributed by atoms with Gasteiger partial charge in [0, 0.05) is 4.88 Å². The number of benzene rings is 1. The maximum Gasteiger partial charge on any atom is 0.307 e. The molecule has 1 heterocycles. The van der Waals surface area contributed by atoms with Crippen molar-refractivity contribution in [2.75, 3.05) is 21.3 Å². The van der Waals surface area contributed by atoms with Crippen LogP contribution in [0.5, 0.6) is 11.5 Å². The quantitative estimate of drug-likeness (QED) is 0.730. The van der Waals surface area contributed by atoms with Gasteiger partial charge in [-0.2, -0.15) is 0 Å². The summed E-state index contributed by atoms with van der Waals surface area (Å²) in [5, 5.41) is 4.82. The summed E-state index contributed by atoms with van der Waals surface area (Å²) in [4.78, 5) is 25.0. The van der Waals surface area contributed by atoms with Crippen LogP contribution in [0.3, 0.4) is 0 Å². The van der Waals surface area contributed by atoms with Gasteiger partial charge in [0.25, 0.3) is 0 Å². The largest absolute Gasteiger partial charge is 0.493 e. The lowest BCUT2D eigenvalue weighted by Gasteiger charge is -2.19. The third-order valence-electron chi connectivity index (χ3n) is 3.66. The Kier molecular flexibility index (Phi) is 6.82. The van der Waals surface area contributed by atoms with Crippen LogP contribution in [0.25, 0.3) is 0 Å². The SMILES string of the molecule is COC(=O)C[C@H](NC(=O)Cc1cccs1)c1ccc(OC)c(OC)c1. The summed E-state index contributed by atoms with van der Waals surface area (Å²) in [6, 6.07) is 8.56. The van der Waals surface area contributed by atoms with Crippen molar-refractivity contribution in [3.05, 3.63) is 46.2 Å². The first-order valence-corrected chi connectivity index (χ1v) is 8.55. The van der Waals surface area contributed by atoms with Crippen molar-refractivity contribution in [1.29, 1.82) is 0 Å². The molecule has 0 unspecified atom stereocenters. The number of hydrogen-bond donors (Lipinski definition) is 1. The lowest BCUT2D eigenvalue weighted by molar-refractivity contribution is -0.141. The molecule has 6 nitrogen and oxygen atoms in total. The molecular formula is C18H21NO5S. The summed E-state index contributed by atoms with van der Waals surface area (Å²) >= 11 is 1.51. The Hall–Kier alpha value is -2.54. The first kappa shape index (κ1) is 18.8. The van der Waals surface area contributed by atoms with Crippen LogP contribution in [0.15, 0.2) is 35.7 Å². The molecule has 0 spiro atoms. The average Bonchev–Trinajstić information content (AvgIpc) is 3.13. The van der Waals surface area contributed by atoms with Gasteiger partial charge in [-0.05, 0) is 29.1 Å². The summed E-state index contributed by atoms with van der Waals surface area (Å²) in [5.74, 6) is 0.540. The summed E-state index contributed by atoms with van der Waals surface area (Å²) < 4.78 is 15.3. The third-order valence-corrected chi connectivity index (χ3v) is 4.53. The predicted octanol–water partition coefficient (Wildman–Crippen LogP) is 2.73. The third kappa shape index (κ3) is 5.22. The Morgan fingerprint density at radius 1 is 1.12 bits per heavy atom. The van der Waals surface area contributed by atoms with E-state index in [0.717, 1.165) is 10.4 Å². The maximum absolute atomic E-state index is 12.3. The minimum absolute atomic E-state index is 0.0299. The van der Waals surface area contributed by atoms with Gasteiger partial charge in [0.1, 0.15) is 0 Å². The highest BCUT2D eigenvalue weighted by Crippen LogP contribution is 2.31. The molecular weight excluding hydrogens is 342 g/mol. The zero-order chi connectivity index (χ0) is 18.2. The number of esters is 1. The van der Waals surface area contributed by atoms with E-state index in [-0.39, 0.29) is 18.7 Å². The lowest BCUT2D eigenvalue weighted by atomic mass is 10.0. The first-order chi connectivity index (χ1) is 12.1. The fraction of sp³-hybridized carbons (Fsp3) is 0.333. The second kappa shape index (κ2) is 9.08. The number of ether oxygens (including phenoxy) is 3. The molecule has 1 atom stereocenters. The van der Waals surface area contributed by atoms with E-state index >= 15 is 0 Å². The van der Waals surface area contributed by atoms with E-state index in [9.17, 15) is 9.59 Å². The lowest BCUT2D eigenvalue weighted by Crippen LogP contribution is -2.31. The fourth-order valence-corrected chi connectivity index (χ4v) is 3.09. The Balaban J connectivity index is 2.20. The summed E-state index contributed by atoms with van der Waals surface area (Å²) in [5.41, 5.74) is 0.738. The van der Waals surface area contributed by atoms with Crippen molar-refractivity contribution in [3.8, 4) is 11.5 Å². The highest BCUT2D eigenvalue weighted by atomic mass is 32.1. The van der Waals surface area contributed by atoms with E-state index in [2.05, 4.69) is 5.32 Å². The van der Waals surface area contributed by atoms with Crippen LogP contribution in [0.4, 0.5) is 0 Å². The molecule has 2 aromatic rings. The molecule has 1 aromatic heterocycles. The molecule has 0 bridgehead atoms. The first-order valence-electron chi connectivity index (χ1n) is 7.67. The molecule has 134 valence electrons. The molecule has 0 aliphatic heterocycles. The molecule has 0 saturated heterocycles. The summed E-state index contributed by atoms with van der Waals surface area (Å²) in [7, 11) is 4.40. The van der Waals surface area contributed by atoms with Gasteiger partial charge in [-0.25, -0.2) is 0 Å². The number of rotatable bonds is 8. The monoisotopic (exact) mass is 363 g/mol. The zero-order valence-electron chi connectivity index (χ0n) is 14.4. The topological polar surface area (TPSA) is 73.9 Å². The zero-order valence-corrected chi connectivity index (χ0v) is 15.2. The minimum Gasteiger partial charge on any atom is -0.493 e. The molecule has 1 N–H and O–H groups in total. The van der Waals surface area contributed by atoms with Crippen molar-refractivity contribution >= 4 is 23.2 Å². The molecule has 0 fully saturated rings. The van der Waals surface area contributed by atoms with Gasteiger partial charge in [-0.15, -0.1) is 11.3 Å². The number of nitrogens with one attached hydrogen (secondary N) is 1. The van der Waals surface area contributed by atoms with Crippen molar-refractivity contribution in [2.45, 2.75) is 18.9 Å². The fourth-order valence-electron chi connectivity index (χ4n) is 2.39. The van der Waals surface area contributed by atoms with Gasteiger partial charge in [-0.3, -0.25) is 9.59 Å². The van der Waals surface area contributed by atoms with Crippen LogP contribution in [0.2, 0.25) is 0 Å². The number of carbonyl (C=O) groups excluding carboxylic acids is 2. The number of amides is 1. The second-order valence-electron chi connectivity index (χ2n) is 5.27. The van der Waals surface area contributed by atoms with E-state index in [1.165, 1.54) is 25.6 Å². The Morgan fingerprint density at radius 2 is 1.88 bits per heavy atom. The van der Waals surface area contributed by atoms with E-state index in [1.54, 1.807) is 25.3 Å². The average molecular weight is 363 g/mol. The van der Waals surface area contributed by atoms with Crippen molar-refractivity contribution in [2.24, 2.45) is 0 Å². The summed E-state index contributed by atoms with van der Waals surface area (Å²) in [6.45, 7) is 0. The highest BCUT2D eigenvalue weighted by molar-refractivity contribution is 7.10. The van der Waals surface area contributed by atoms with E-state index < -0.39 is 12.0 Å². The number of methoxy groups -OCH3 is 3. The molecule has 1 amide bonds. The van der Waals surface area contributed by atoms with Gasteiger partial charge < -0.3 is 19.5 Å². The Morgan fingerprint density at radius 3 is 2.48 bits per heavy atom. The molecule has 0 saturated carbocycles. The number of thiophene rings is 1. The van der Waals surface area contributed by atoms with E-state index in [4.69, 9.17) is 14.2 Å². The smallest absolute Gasteiger partial charge is 0.307 e. The van der Waals surface area contributed by atoms with Crippen LogP contribution in [0, 0.1) is 0 Å². The maximum atomic E-state index is 12.3. The van der Waals surface area contributed by atoms with Crippen LogP contribution < -0.4 is 14.8 Å². The summed E-state index contributed by atoms with van der Waals surface area (Å²) in [6.07, 6.45) is 0.296. The van der Waals surface area contributed by atoms with Crippen molar-refractivity contribution < 1.29 is 23.8 Å². The molecule has 0 radical (unpaired) electrons. The Bertz CT molecular complexity index is 714. The van der Waals surface area contributed by atoms with Gasteiger partial charge in [0.2, 0.25) is 5.91 Å². The molecule has 25 heavy (non-hydrogen) atoms. The minimum atomic E-state index is -0.514. The Labute approximate surface area is 150 Å². The van der Waals surface area contributed by atoms with Crippen molar-refractivity contribution in [3.63, 3.8) is 0 Å². The van der Waals surface area contributed by atoms with Gasteiger partial charge in [-0.1, -0.05) is 12.1 Å². The predicted molar refractivity (Wildman–Crippen MR) is 95.1 cm³/mol. The molecule has 2 rings (SSSR count). The molecule has 7 heteroatoms. The molecule has 0 aliphatic carbocycles. The highest BCUT2D eigenvalue weighted by Gasteiger charge is 2.21. The molecule has 1 aromatic carbocycles. The van der Waals surface area contributed by atoms with Gasteiger partial charge >= 0.3 is 5.97 Å². The second-order valence-corrected chi connectivity index (χ2v) is 6.30. The standard InChI is InChI=1S/C18H21NO5S/c1-22-15-7-6-12(9-16(15)23-2)14(11-18(21)24-3)19-17(20)10-13-5-4-8-25-13/h4-9,14H,10-11H2,1-3H3,(H,19,20)/t14-/m0/s1. The van der Waals surface area contributed by atoms with Crippen LogP contribution in [-0.4, -0.2) is 33.2 Å². The normalized spacial score (nSPS) is 11.5. The van der Waals surface area contributed by atoms with E-state index in [1.807, 2.05) is 17.5 Å². The van der Waals surface area contributed by atoms with Crippen LogP contribution in [0.1, 0.15) is 22.9 Å².